The lowest BCUT2D eigenvalue weighted by molar-refractivity contribution is -0.131. The maximum Gasteiger partial charge on any atom is 0.162 e. The summed E-state index contributed by atoms with van der Waals surface area (Å²) in [7, 11) is 0. The first-order valence-electron chi connectivity index (χ1n) is 9.98. The van der Waals surface area contributed by atoms with E-state index in [1.807, 2.05) is 12.1 Å². The molecule has 0 radical (unpaired) electrons. The smallest absolute Gasteiger partial charge is 0.162 e. The summed E-state index contributed by atoms with van der Waals surface area (Å²) >= 11 is 0. The van der Waals surface area contributed by atoms with Gasteiger partial charge in [0, 0.05) is 11.5 Å². The Hall–Kier alpha value is -1.39. The zero-order valence-corrected chi connectivity index (χ0v) is 15.8. The van der Waals surface area contributed by atoms with Crippen LogP contribution in [-0.4, -0.2) is 28.7 Å². The predicted molar refractivity (Wildman–Crippen MR) is 96.8 cm³/mol. The summed E-state index contributed by atoms with van der Waals surface area (Å²) in [6.45, 7) is 6.17. The average Bonchev–Trinajstić information content (AvgIpc) is 3.22. The fourth-order valence-corrected chi connectivity index (χ4v) is 7.41. The van der Waals surface area contributed by atoms with Crippen molar-refractivity contribution in [3.63, 3.8) is 0 Å². The van der Waals surface area contributed by atoms with Crippen molar-refractivity contribution in [2.75, 3.05) is 6.61 Å². The van der Waals surface area contributed by atoms with Gasteiger partial charge in [-0.15, -0.1) is 0 Å². The lowest BCUT2D eigenvalue weighted by Crippen LogP contribution is -2.49. The Morgan fingerprint density at radius 1 is 1.35 bits per heavy atom. The number of ketones is 1. The number of fused-ring (bicyclic) bond motifs is 3. The van der Waals surface area contributed by atoms with E-state index < -0.39 is 0 Å². The highest BCUT2D eigenvalue weighted by molar-refractivity contribution is 5.83. The summed E-state index contributed by atoms with van der Waals surface area (Å²) in [5.41, 5.74) is 3.09. The maximum atomic E-state index is 12.5. The lowest BCUT2D eigenvalue weighted by atomic mass is 9.53. The fraction of sp³-hybridized carbons (Fsp3) is 0.682. The van der Waals surface area contributed by atoms with Crippen LogP contribution in [0.2, 0.25) is 0 Å². The van der Waals surface area contributed by atoms with Crippen LogP contribution in [0.1, 0.15) is 49.8 Å². The number of benzene rings is 1. The summed E-state index contributed by atoms with van der Waals surface area (Å²) in [6, 6.07) is 3.82. The molecule has 1 aromatic carbocycles. The van der Waals surface area contributed by atoms with Gasteiger partial charge in [0.05, 0.1) is 6.10 Å². The summed E-state index contributed by atoms with van der Waals surface area (Å²) in [5, 5.41) is 20.2. The van der Waals surface area contributed by atoms with E-state index in [0.29, 0.717) is 23.5 Å². The van der Waals surface area contributed by atoms with Crippen molar-refractivity contribution in [2.45, 2.75) is 58.2 Å². The Bertz CT molecular complexity index is 802. The average molecular weight is 356 g/mol. The highest BCUT2D eigenvalue weighted by Crippen LogP contribution is 2.73. The number of aliphatic hydroxyl groups excluding tert-OH is 1. The number of phenols is 1. The van der Waals surface area contributed by atoms with Crippen LogP contribution in [0, 0.1) is 36.0 Å². The third-order valence-corrected chi connectivity index (χ3v) is 8.30. The number of carbonyl (C=O) groups is 1. The number of phenolic OH excluding ortho intramolecular Hbond substituents is 1. The van der Waals surface area contributed by atoms with Gasteiger partial charge in [0.15, 0.2) is 5.78 Å². The summed E-state index contributed by atoms with van der Waals surface area (Å²) < 4.78 is 6.40. The third kappa shape index (κ3) is 1.80. The lowest BCUT2D eigenvalue weighted by Gasteiger charge is -2.48. The van der Waals surface area contributed by atoms with Gasteiger partial charge < -0.3 is 14.9 Å². The first-order valence-corrected chi connectivity index (χ1v) is 9.98. The molecule has 0 aromatic heterocycles. The minimum Gasteiger partial charge on any atom is -0.508 e. The topological polar surface area (TPSA) is 70.1 Å². The molecule has 5 rings (SSSR count). The molecule has 7 atom stereocenters. The molecule has 1 spiro atoms. The van der Waals surface area contributed by atoms with Gasteiger partial charge in [0.25, 0.3) is 0 Å². The van der Waals surface area contributed by atoms with Crippen molar-refractivity contribution < 1.29 is 19.7 Å². The molecule has 1 aromatic rings. The van der Waals surface area contributed by atoms with Crippen molar-refractivity contribution in [3.05, 3.63) is 28.8 Å². The van der Waals surface area contributed by atoms with Gasteiger partial charge in [0.1, 0.15) is 18.0 Å². The van der Waals surface area contributed by atoms with E-state index in [1.54, 1.807) is 0 Å². The molecule has 1 aliphatic heterocycles. The molecule has 1 saturated heterocycles. The van der Waals surface area contributed by atoms with Gasteiger partial charge in [-0.1, -0.05) is 19.9 Å². The van der Waals surface area contributed by atoms with Crippen LogP contribution in [0.4, 0.5) is 0 Å². The van der Waals surface area contributed by atoms with Gasteiger partial charge >= 0.3 is 0 Å². The predicted octanol–water partition coefficient (Wildman–Crippen LogP) is 3.10. The van der Waals surface area contributed by atoms with E-state index in [1.165, 1.54) is 11.1 Å². The number of Topliss-reactive ketones (excluding diaryl/α,β-unsaturated/α-hetero) is 1. The molecule has 4 heteroatoms. The van der Waals surface area contributed by atoms with E-state index in [-0.39, 0.29) is 35.4 Å². The van der Waals surface area contributed by atoms with Crippen LogP contribution >= 0.6 is 0 Å². The monoisotopic (exact) mass is 356 g/mol. The largest absolute Gasteiger partial charge is 0.508 e. The first-order chi connectivity index (χ1) is 12.3. The molecule has 0 bridgehead atoms. The number of hydrogen-bond donors (Lipinski definition) is 2. The number of hydrogen-bond acceptors (Lipinski definition) is 4. The van der Waals surface area contributed by atoms with Gasteiger partial charge in [-0.05, 0) is 73.0 Å². The number of aryl methyl sites for hydroxylation is 1. The fourth-order valence-electron chi connectivity index (χ4n) is 7.41. The number of aliphatic hydroxyl groups is 1. The second-order valence-corrected chi connectivity index (χ2v) is 9.43. The zero-order valence-electron chi connectivity index (χ0n) is 15.8. The highest BCUT2D eigenvalue weighted by Gasteiger charge is 2.75. The Morgan fingerprint density at radius 2 is 2.12 bits per heavy atom. The number of aromatic hydroxyl groups is 1. The van der Waals surface area contributed by atoms with Crippen molar-refractivity contribution >= 4 is 5.78 Å². The Morgan fingerprint density at radius 3 is 2.85 bits per heavy atom. The standard InChI is InChI=1S/C22H28O4/c1-11-4-7-16(24)20-13(11)5-6-14-15-8-12(2)19(17(25)10-23)21(15,3)9-18-22(14,20)26-18/h4,7,12,14-15,18-19,23-24H,5-6,8-10H2,1-3H3/t12-,14?,15+,18?,19-,21+,22?/m1/s1. The summed E-state index contributed by atoms with van der Waals surface area (Å²) in [5.74, 6) is 1.34. The molecule has 3 aliphatic carbocycles. The minimum atomic E-state index is -0.360. The first kappa shape index (κ1) is 16.8. The number of ether oxygens (including phenoxy) is 1. The van der Waals surface area contributed by atoms with Crippen molar-refractivity contribution in [1.29, 1.82) is 0 Å². The van der Waals surface area contributed by atoms with Gasteiger partial charge in [-0.3, -0.25) is 4.79 Å². The molecular formula is C22H28O4. The molecule has 1 heterocycles. The van der Waals surface area contributed by atoms with E-state index >= 15 is 0 Å². The number of epoxide rings is 1. The summed E-state index contributed by atoms with van der Waals surface area (Å²) in [4.78, 5) is 12.5. The van der Waals surface area contributed by atoms with Crippen LogP contribution in [0.3, 0.4) is 0 Å². The SMILES string of the molecule is Cc1ccc(O)c2c1CCC1[C@@H]3C[C@@H](C)[C@H](C(=O)CO)[C@@]3(C)CC3OC231. The Balaban J connectivity index is 1.61. The second-order valence-electron chi connectivity index (χ2n) is 9.43. The molecule has 4 nitrogen and oxygen atoms in total. The molecular weight excluding hydrogens is 328 g/mol. The van der Waals surface area contributed by atoms with E-state index in [9.17, 15) is 15.0 Å². The minimum absolute atomic E-state index is 0.00875. The molecule has 4 aliphatic rings. The van der Waals surface area contributed by atoms with Crippen LogP contribution in [0.15, 0.2) is 12.1 Å². The zero-order chi connectivity index (χ0) is 18.4. The van der Waals surface area contributed by atoms with Crippen LogP contribution in [0.25, 0.3) is 0 Å². The van der Waals surface area contributed by atoms with Crippen LogP contribution in [0.5, 0.6) is 5.75 Å². The molecule has 3 unspecified atom stereocenters. The molecule has 2 saturated carbocycles. The van der Waals surface area contributed by atoms with E-state index in [2.05, 4.69) is 20.8 Å². The van der Waals surface area contributed by atoms with Crippen LogP contribution in [-0.2, 0) is 21.6 Å². The summed E-state index contributed by atoms with van der Waals surface area (Å²) in [6.07, 6.45) is 3.97. The second kappa shape index (κ2) is 5.11. The Labute approximate surface area is 154 Å². The van der Waals surface area contributed by atoms with E-state index in [4.69, 9.17) is 4.74 Å². The van der Waals surface area contributed by atoms with Crippen molar-refractivity contribution in [1.82, 2.24) is 0 Å². The van der Waals surface area contributed by atoms with Crippen LogP contribution < -0.4 is 0 Å². The highest BCUT2D eigenvalue weighted by atomic mass is 16.6. The quantitative estimate of drug-likeness (QED) is 0.799. The molecule has 0 amide bonds. The normalized spacial score (nSPS) is 45.3. The van der Waals surface area contributed by atoms with Crippen molar-refractivity contribution in [3.8, 4) is 5.75 Å². The number of carbonyl (C=O) groups excluding carboxylic acids is 1. The van der Waals surface area contributed by atoms with Crippen molar-refractivity contribution in [2.24, 2.45) is 29.1 Å². The van der Waals surface area contributed by atoms with Gasteiger partial charge in [0.2, 0.25) is 0 Å². The molecule has 26 heavy (non-hydrogen) atoms. The Kier molecular flexibility index (Phi) is 3.29. The number of rotatable bonds is 2. The van der Waals surface area contributed by atoms with E-state index in [0.717, 1.165) is 31.2 Å². The molecule has 140 valence electrons. The molecule has 3 fully saturated rings. The maximum absolute atomic E-state index is 12.5. The van der Waals surface area contributed by atoms with Gasteiger partial charge in [-0.2, -0.15) is 0 Å². The molecule has 2 N–H and O–H groups in total. The van der Waals surface area contributed by atoms with Gasteiger partial charge in [-0.25, -0.2) is 0 Å². The third-order valence-electron chi connectivity index (χ3n) is 8.30.